The molecule has 1 heterocycles. The number of nitrogens with zero attached hydrogens (tertiary/aromatic N) is 1. The Kier molecular flexibility index (Phi) is 3.61. The minimum atomic E-state index is 0.0500. The maximum Gasteiger partial charge on any atom is 0.193 e. The van der Waals surface area contributed by atoms with E-state index in [1.807, 2.05) is 66.7 Å². The quantitative estimate of drug-likeness (QED) is 0.366. The van der Waals surface area contributed by atoms with Crippen molar-refractivity contribution in [3.63, 3.8) is 0 Å². The van der Waals surface area contributed by atoms with E-state index in [-0.39, 0.29) is 5.78 Å². The smallest absolute Gasteiger partial charge is 0.193 e. The van der Waals surface area contributed by atoms with Crippen LogP contribution in [0.15, 0.2) is 103 Å². The third-order valence-corrected chi connectivity index (χ3v) is 4.99. The molecule has 0 fully saturated rings. The number of carbonyl (C=O) groups is 1. The Balaban J connectivity index is 1.77. The molecule has 4 aromatic carbocycles. The minimum Gasteiger partial charge on any atom is -0.309 e. The Morgan fingerprint density at radius 2 is 1.19 bits per heavy atom. The Morgan fingerprint density at radius 3 is 1.96 bits per heavy atom. The summed E-state index contributed by atoms with van der Waals surface area (Å²) in [5.41, 5.74) is 4.79. The molecule has 2 nitrogen and oxygen atoms in total. The molecule has 0 N–H and O–H groups in total. The first-order valence-electron chi connectivity index (χ1n) is 9.01. The average molecular weight is 347 g/mol. The summed E-state index contributed by atoms with van der Waals surface area (Å²) < 4.78 is 2.25. The molecule has 0 aliphatic carbocycles. The molecular formula is C25H17NO. The predicted molar refractivity (Wildman–Crippen MR) is 111 cm³/mol. The number of benzene rings is 4. The topological polar surface area (TPSA) is 22.0 Å². The zero-order chi connectivity index (χ0) is 18.2. The zero-order valence-corrected chi connectivity index (χ0v) is 14.7. The van der Waals surface area contributed by atoms with Crippen LogP contribution in [0.3, 0.4) is 0 Å². The van der Waals surface area contributed by atoms with E-state index in [1.165, 1.54) is 0 Å². The highest BCUT2D eigenvalue weighted by Gasteiger charge is 2.15. The van der Waals surface area contributed by atoms with Crippen LogP contribution in [0.2, 0.25) is 0 Å². The van der Waals surface area contributed by atoms with E-state index in [4.69, 9.17) is 0 Å². The standard InChI is InChI=1S/C25H17NO/c27-25(18-9-3-1-4-10-18)19-15-16-24-22(17-19)21-13-7-8-14-23(21)26(24)20-11-5-2-6-12-20/h1-17H. The molecule has 0 amide bonds. The molecular weight excluding hydrogens is 330 g/mol. The lowest BCUT2D eigenvalue weighted by molar-refractivity contribution is 0.103. The molecule has 1 aromatic heterocycles. The van der Waals surface area contributed by atoms with Crippen LogP contribution in [0.5, 0.6) is 0 Å². The van der Waals surface area contributed by atoms with Crippen molar-refractivity contribution in [2.75, 3.05) is 0 Å². The van der Waals surface area contributed by atoms with Crippen LogP contribution in [0.25, 0.3) is 27.5 Å². The van der Waals surface area contributed by atoms with Crippen LogP contribution in [-0.2, 0) is 0 Å². The van der Waals surface area contributed by atoms with E-state index in [0.29, 0.717) is 11.1 Å². The molecule has 0 saturated heterocycles. The Labute approximate surface area is 157 Å². The summed E-state index contributed by atoms with van der Waals surface area (Å²) in [7, 11) is 0. The fourth-order valence-corrected chi connectivity index (χ4v) is 3.73. The largest absolute Gasteiger partial charge is 0.309 e. The Bertz CT molecular complexity index is 1270. The van der Waals surface area contributed by atoms with Gasteiger partial charge in [0.15, 0.2) is 5.78 Å². The van der Waals surface area contributed by atoms with Crippen molar-refractivity contribution in [2.24, 2.45) is 0 Å². The molecule has 0 bridgehead atoms. The van der Waals surface area contributed by atoms with Gasteiger partial charge in [0.25, 0.3) is 0 Å². The number of rotatable bonds is 3. The maximum atomic E-state index is 12.9. The summed E-state index contributed by atoms with van der Waals surface area (Å²) in [6, 6.07) is 34.1. The van der Waals surface area contributed by atoms with Crippen molar-refractivity contribution in [1.82, 2.24) is 4.57 Å². The van der Waals surface area contributed by atoms with E-state index in [2.05, 4.69) is 41.0 Å². The summed E-state index contributed by atoms with van der Waals surface area (Å²) in [5.74, 6) is 0.0500. The van der Waals surface area contributed by atoms with Gasteiger partial charge in [-0.1, -0.05) is 66.7 Å². The van der Waals surface area contributed by atoms with Gasteiger partial charge in [0.05, 0.1) is 11.0 Å². The van der Waals surface area contributed by atoms with E-state index >= 15 is 0 Å². The summed E-state index contributed by atoms with van der Waals surface area (Å²) in [6.45, 7) is 0. The lowest BCUT2D eigenvalue weighted by atomic mass is 10.0. The molecule has 5 rings (SSSR count). The van der Waals surface area contributed by atoms with E-state index in [1.54, 1.807) is 0 Å². The van der Waals surface area contributed by atoms with Crippen molar-refractivity contribution in [3.8, 4) is 5.69 Å². The summed E-state index contributed by atoms with van der Waals surface area (Å²) in [6.07, 6.45) is 0. The van der Waals surface area contributed by atoms with Gasteiger partial charge in [-0.25, -0.2) is 0 Å². The number of hydrogen-bond acceptors (Lipinski definition) is 1. The number of hydrogen-bond donors (Lipinski definition) is 0. The van der Waals surface area contributed by atoms with E-state index in [9.17, 15) is 4.79 Å². The van der Waals surface area contributed by atoms with Crippen LogP contribution in [0, 0.1) is 0 Å². The molecule has 128 valence electrons. The van der Waals surface area contributed by atoms with Gasteiger partial charge in [0.2, 0.25) is 0 Å². The van der Waals surface area contributed by atoms with E-state index in [0.717, 1.165) is 27.5 Å². The lowest BCUT2D eigenvalue weighted by Gasteiger charge is -2.07. The first kappa shape index (κ1) is 15.6. The Morgan fingerprint density at radius 1 is 0.556 bits per heavy atom. The van der Waals surface area contributed by atoms with Gasteiger partial charge in [0, 0.05) is 27.6 Å². The van der Waals surface area contributed by atoms with Gasteiger partial charge in [-0.2, -0.15) is 0 Å². The molecule has 27 heavy (non-hydrogen) atoms. The van der Waals surface area contributed by atoms with E-state index < -0.39 is 0 Å². The van der Waals surface area contributed by atoms with Crippen LogP contribution < -0.4 is 0 Å². The maximum absolute atomic E-state index is 12.9. The fourth-order valence-electron chi connectivity index (χ4n) is 3.73. The van der Waals surface area contributed by atoms with Gasteiger partial charge in [-0.05, 0) is 36.4 Å². The summed E-state index contributed by atoms with van der Waals surface area (Å²) >= 11 is 0. The molecule has 0 aliphatic heterocycles. The third-order valence-electron chi connectivity index (χ3n) is 4.99. The molecule has 0 unspecified atom stereocenters. The molecule has 0 spiro atoms. The molecule has 0 aliphatic rings. The van der Waals surface area contributed by atoms with Gasteiger partial charge in [0.1, 0.15) is 0 Å². The minimum absolute atomic E-state index is 0.0500. The first-order chi connectivity index (χ1) is 13.3. The average Bonchev–Trinajstić information content (AvgIpc) is 3.08. The van der Waals surface area contributed by atoms with Crippen LogP contribution >= 0.6 is 0 Å². The van der Waals surface area contributed by atoms with Gasteiger partial charge in [-0.3, -0.25) is 4.79 Å². The van der Waals surface area contributed by atoms with Gasteiger partial charge in [-0.15, -0.1) is 0 Å². The zero-order valence-electron chi connectivity index (χ0n) is 14.7. The highest BCUT2D eigenvalue weighted by molar-refractivity contribution is 6.15. The molecule has 0 radical (unpaired) electrons. The van der Waals surface area contributed by atoms with Crippen molar-refractivity contribution in [3.05, 3.63) is 114 Å². The number of fused-ring (bicyclic) bond motifs is 3. The van der Waals surface area contributed by atoms with Gasteiger partial charge < -0.3 is 4.57 Å². The van der Waals surface area contributed by atoms with Crippen LogP contribution in [0.4, 0.5) is 0 Å². The fraction of sp³-hybridized carbons (Fsp3) is 0. The van der Waals surface area contributed by atoms with Crippen LogP contribution in [-0.4, -0.2) is 10.4 Å². The number of para-hydroxylation sites is 2. The third kappa shape index (κ3) is 2.54. The molecule has 0 atom stereocenters. The highest BCUT2D eigenvalue weighted by Crippen LogP contribution is 2.32. The molecule has 2 heteroatoms. The predicted octanol–water partition coefficient (Wildman–Crippen LogP) is 6.01. The molecule has 0 saturated carbocycles. The second kappa shape index (κ2) is 6.26. The highest BCUT2D eigenvalue weighted by atomic mass is 16.1. The monoisotopic (exact) mass is 347 g/mol. The number of carbonyl (C=O) groups excluding carboxylic acids is 1. The van der Waals surface area contributed by atoms with Crippen molar-refractivity contribution < 1.29 is 4.79 Å². The van der Waals surface area contributed by atoms with Gasteiger partial charge >= 0.3 is 0 Å². The first-order valence-corrected chi connectivity index (χ1v) is 9.01. The number of ketones is 1. The lowest BCUT2D eigenvalue weighted by Crippen LogP contribution is -2.00. The summed E-state index contributed by atoms with van der Waals surface area (Å²) in [5, 5.41) is 2.25. The second-order valence-corrected chi connectivity index (χ2v) is 6.62. The number of aromatic nitrogens is 1. The Hall–Kier alpha value is -3.65. The normalized spacial score (nSPS) is 11.1. The van der Waals surface area contributed by atoms with Crippen molar-refractivity contribution in [2.45, 2.75) is 0 Å². The second-order valence-electron chi connectivity index (χ2n) is 6.62. The SMILES string of the molecule is O=C(c1ccccc1)c1ccc2c(c1)c1ccccc1n2-c1ccccc1. The summed E-state index contributed by atoms with van der Waals surface area (Å²) in [4.78, 5) is 12.9. The van der Waals surface area contributed by atoms with Crippen molar-refractivity contribution >= 4 is 27.6 Å². The molecule has 5 aromatic rings. The van der Waals surface area contributed by atoms with Crippen molar-refractivity contribution in [1.29, 1.82) is 0 Å². The van der Waals surface area contributed by atoms with Crippen LogP contribution in [0.1, 0.15) is 15.9 Å².